The second-order valence-corrected chi connectivity index (χ2v) is 8.20. The molecule has 0 N–H and O–H groups in total. The summed E-state index contributed by atoms with van der Waals surface area (Å²) in [6.07, 6.45) is 7.26. The third-order valence-electron chi connectivity index (χ3n) is 6.60. The first-order valence-corrected chi connectivity index (χ1v) is 11.5. The topological polar surface area (TPSA) is 50.1 Å². The van der Waals surface area contributed by atoms with Crippen molar-refractivity contribution < 1.29 is 0 Å². The van der Waals surface area contributed by atoms with E-state index in [0.29, 0.717) is 6.17 Å². The number of aryl methyl sites for hydroxylation is 1. The molecule has 0 radical (unpaired) electrons. The van der Waals surface area contributed by atoms with Gasteiger partial charge in [-0.1, -0.05) is 39.0 Å². The summed E-state index contributed by atoms with van der Waals surface area (Å²) in [6.45, 7) is 9.68. The van der Waals surface area contributed by atoms with Gasteiger partial charge in [0, 0.05) is 17.6 Å². The Balaban J connectivity index is 1.65. The summed E-state index contributed by atoms with van der Waals surface area (Å²) >= 11 is 0. The largest absolute Gasteiger partial charge is 0.326 e. The van der Waals surface area contributed by atoms with E-state index >= 15 is 0 Å². The molecule has 1 aliphatic heterocycles. The lowest BCUT2D eigenvalue weighted by atomic mass is 10.0. The van der Waals surface area contributed by atoms with Crippen molar-refractivity contribution in [2.45, 2.75) is 46.2 Å². The Morgan fingerprint density at radius 3 is 2.65 bits per heavy atom. The van der Waals surface area contributed by atoms with Crippen LogP contribution in [0.1, 0.15) is 45.3 Å². The van der Waals surface area contributed by atoms with Crippen molar-refractivity contribution in [1.29, 1.82) is 0 Å². The molecular weight excluding hydrogens is 384 g/mol. The maximum atomic E-state index is 4.78. The monoisotopic (exact) mass is 414 g/mol. The Labute approximate surface area is 183 Å². The molecule has 5 rings (SSSR count). The predicted molar refractivity (Wildman–Crippen MR) is 127 cm³/mol. The van der Waals surface area contributed by atoms with E-state index in [2.05, 4.69) is 76.5 Å². The number of para-hydroxylation sites is 1. The fourth-order valence-corrected chi connectivity index (χ4v) is 5.05. The number of nitrogens with zero attached hydrogens (tertiary/aromatic N) is 6. The van der Waals surface area contributed by atoms with E-state index < -0.39 is 0 Å². The normalized spacial score (nSPS) is 15.0. The smallest absolute Gasteiger partial charge is 0.144 e. The van der Waals surface area contributed by atoms with E-state index in [1.165, 1.54) is 11.3 Å². The van der Waals surface area contributed by atoms with Crippen LogP contribution in [0.2, 0.25) is 0 Å². The van der Waals surface area contributed by atoms with Crippen molar-refractivity contribution in [2.24, 2.45) is 0 Å². The van der Waals surface area contributed by atoms with Crippen molar-refractivity contribution in [2.75, 3.05) is 24.5 Å². The molecule has 2 aromatic heterocycles. The number of hydrogen-bond acceptors (Lipinski definition) is 5. The summed E-state index contributed by atoms with van der Waals surface area (Å²) in [7, 11) is 0. The van der Waals surface area contributed by atoms with Crippen LogP contribution in [-0.4, -0.2) is 44.1 Å². The first-order chi connectivity index (χ1) is 15.2. The second kappa shape index (κ2) is 8.27. The maximum Gasteiger partial charge on any atom is 0.144 e. The fraction of sp³-hybridized carbons (Fsp3) is 0.400. The van der Waals surface area contributed by atoms with Crippen molar-refractivity contribution in [3.8, 4) is 0 Å². The lowest BCUT2D eigenvalue weighted by Crippen LogP contribution is -2.31. The Kier molecular flexibility index (Phi) is 5.32. The summed E-state index contributed by atoms with van der Waals surface area (Å²) in [6, 6.07) is 13.0. The molecule has 0 saturated carbocycles. The first-order valence-electron chi connectivity index (χ1n) is 11.5. The Bertz CT molecular complexity index is 1210. The summed E-state index contributed by atoms with van der Waals surface area (Å²) in [5, 5.41) is 1.06. The highest BCUT2D eigenvalue weighted by Gasteiger charge is 2.23. The third kappa shape index (κ3) is 3.35. The van der Waals surface area contributed by atoms with Gasteiger partial charge < -0.3 is 9.47 Å². The second-order valence-electron chi connectivity index (χ2n) is 8.20. The number of fused-ring (bicyclic) bond motifs is 3. The van der Waals surface area contributed by atoms with Gasteiger partial charge in [0.05, 0.1) is 29.0 Å². The molecular formula is C25H30N6. The quantitative estimate of drug-likeness (QED) is 0.428. The van der Waals surface area contributed by atoms with Gasteiger partial charge in [0.25, 0.3) is 0 Å². The van der Waals surface area contributed by atoms with Crippen LogP contribution >= 0.6 is 0 Å². The van der Waals surface area contributed by atoms with E-state index in [1.807, 2.05) is 6.33 Å². The minimum Gasteiger partial charge on any atom is -0.326 e. The van der Waals surface area contributed by atoms with Gasteiger partial charge in [-0.3, -0.25) is 4.90 Å². The van der Waals surface area contributed by atoms with Gasteiger partial charge in [-0.15, -0.1) is 0 Å². The maximum absolute atomic E-state index is 4.78. The Hall–Kier alpha value is -2.99. The van der Waals surface area contributed by atoms with Crippen LogP contribution in [0.25, 0.3) is 21.9 Å². The van der Waals surface area contributed by atoms with E-state index in [1.54, 1.807) is 6.33 Å². The molecule has 6 heteroatoms. The molecule has 0 bridgehead atoms. The third-order valence-corrected chi connectivity index (χ3v) is 6.60. The zero-order valence-corrected chi connectivity index (χ0v) is 18.6. The number of benzene rings is 2. The SMILES string of the molecule is CCC(N(CC)CC)n1cnc2cc3c(N4CCCc5ccccc54)ncnc3cc21. The van der Waals surface area contributed by atoms with Gasteiger partial charge in [0.1, 0.15) is 12.1 Å². The zero-order chi connectivity index (χ0) is 21.4. The Morgan fingerprint density at radius 2 is 1.84 bits per heavy atom. The molecule has 0 spiro atoms. The van der Waals surface area contributed by atoms with Crippen LogP contribution in [0.3, 0.4) is 0 Å². The molecule has 0 fully saturated rings. The molecule has 3 heterocycles. The molecule has 0 amide bonds. The number of rotatable bonds is 6. The highest BCUT2D eigenvalue weighted by atomic mass is 15.3. The van der Waals surface area contributed by atoms with E-state index in [9.17, 15) is 0 Å². The van der Waals surface area contributed by atoms with E-state index in [4.69, 9.17) is 9.97 Å². The van der Waals surface area contributed by atoms with Crippen LogP contribution in [0.15, 0.2) is 49.1 Å². The highest BCUT2D eigenvalue weighted by molar-refractivity contribution is 6.00. The van der Waals surface area contributed by atoms with Crippen molar-refractivity contribution in [1.82, 2.24) is 24.4 Å². The van der Waals surface area contributed by atoms with Crippen LogP contribution < -0.4 is 4.90 Å². The van der Waals surface area contributed by atoms with Gasteiger partial charge >= 0.3 is 0 Å². The predicted octanol–water partition coefficient (Wildman–Crippen LogP) is 5.31. The number of hydrogen-bond donors (Lipinski definition) is 0. The molecule has 6 nitrogen and oxygen atoms in total. The summed E-state index contributed by atoms with van der Waals surface area (Å²) in [4.78, 5) is 19.0. The molecule has 1 atom stereocenters. The molecule has 1 aliphatic rings. The summed E-state index contributed by atoms with van der Waals surface area (Å²) in [5.41, 5.74) is 5.74. The molecule has 2 aromatic carbocycles. The van der Waals surface area contributed by atoms with Gasteiger partial charge in [-0.2, -0.15) is 0 Å². The molecule has 0 aliphatic carbocycles. The number of imidazole rings is 1. The lowest BCUT2D eigenvalue weighted by Gasteiger charge is -2.31. The first kappa shape index (κ1) is 19.9. The van der Waals surface area contributed by atoms with Crippen LogP contribution in [-0.2, 0) is 6.42 Å². The molecule has 31 heavy (non-hydrogen) atoms. The van der Waals surface area contributed by atoms with E-state index in [0.717, 1.165) is 66.7 Å². The zero-order valence-electron chi connectivity index (χ0n) is 18.6. The minimum absolute atomic E-state index is 0.299. The van der Waals surface area contributed by atoms with Gasteiger partial charge in [0.2, 0.25) is 0 Å². The fourth-order valence-electron chi connectivity index (χ4n) is 5.05. The summed E-state index contributed by atoms with van der Waals surface area (Å²) in [5.74, 6) is 0.976. The van der Waals surface area contributed by atoms with Crippen LogP contribution in [0.4, 0.5) is 11.5 Å². The Morgan fingerprint density at radius 1 is 1.00 bits per heavy atom. The van der Waals surface area contributed by atoms with Crippen LogP contribution in [0, 0.1) is 0 Å². The standard InChI is InChI=1S/C25H30N6/c1-4-24(29(5-2)6-3)31-17-28-21-14-19-20(15-23(21)31)26-16-27-25(19)30-13-9-11-18-10-7-8-12-22(18)30/h7-8,10,12,14-17,24H,4-6,9,11,13H2,1-3H3. The average molecular weight is 415 g/mol. The molecule has 4 aromatic rings. The molecule has 0 saturated heterocycles. The average Bonchev–Trinajstić information content (AvgIpc) is 3.22. The van der Waals surface area contributed by atoms with E-state index in [-0.39, 0.29) is 0 Å². The lowest BCUT2D eigenvalue weighted by molar-refractivity contribution is 0.154. The molecule has 160 valence electrons. The van der Waals surface area contributed by atoms with Gasteiger partial charge in [-0.05, 0) is 56.1 Å². The number of aromatic nitrogens is 4. The van der Waals surface area contributed by atoms with Gasteiger partial charge in [-0.25, -0.2) is 15.0 Å². The molecule has 1 unspecified atom stereocenters. The number of anilines is 2. The van der Waals surface area contributed by atoms with Gasteiger partial charge in [0.15, 0.2) is 0 Å². The van der Waals surface area contributed by atoms with Crippen molar-refractivity contribution in [3.63, 3.8) is 0 Å². The minimum atomic E-state index is 0.299. The van der Waals surface area contributed by atoms with Crippen LogP contribution in [0.5, 0.6) is 0 Å². The highest BCUT2D eigenvalue weighted by Crippen LogP contribution is 2.36. The van der Waals surface area contributed by atoms with Crippen molar-refractivity contribution in [3.05, 3.63) is 54.6 Å². The summed E-state index contributed by atoms with van der Waals surface area (Å²) < 4.78 is 2.31. The van der Waals surface area contributed by atoms with Crippen molar-refractivity contribution >= 4 is 33.4 Å².